The fourth-order valence-electron chi connectivity index (χ4n) is 1.21. The Balaban J connectivity index is 0.00000289. The minimum Gasteiger partial charge on any atom is -0.382 e. The monoisotopic (exact) mass is 343 g/mol. The van der Waals surface area contributed by atoms with Crippen molar-refractivity contribution < 1.29 is 18.3 Å². The van der Waals surface area contributed by atoms with Gasteiger partial charge in [0.2, 0.25) is 0 Å². The summed E-state index contributed by atoms with van der Waals surface area (Å²) in [5.41, 5.74) is 5.07. The van der Waals surface area contributed by atoms with E-state index in [1.165, 1.54) is 12.1 Å². The van der Waals surface area contributed by atoms with E-state index in [9.17, 15) is 13.2 Å². The Morgan fingerprint density at radius 2 is 1.56 bits per heavy atom. The molecule has 0 saturated carbocycles. The van der Waals surface area contributed by atoms with Crippen LogP contribution in [-0.2, 0) is 0 Å². The zero-order valence-corrected chi connectivity index (χ0v) is 11.6. The van der Waals surface area contributed by atoms with E-state index in [-0.39, 0.29) is 33.0 Å². The quantitative estimate of drug-likeness (QED) is 0.797. The molecule has 18 heavy (non-hydrogen) atoms. The Kier molecular flexibility index (Phi) is 6.53. The first kappa shape index (κ1) is 18.1. The van der Waals surface area contributed by atoms with Crippen LogP contribution in [0.15, 0.2) is 12.1 Å². The molecular formula is C9H8Cl4F3NO. The van der Waals surface area contributed by atoms with E-state index in [1.54, 1.807) is 0 Å². The van der Waals surface area contributed by atoms with Crippen molar-refractivity contribution in [3.8, 4) is 0 Å². The molecule has 0 aliphatic rings. The summed E-state index contributed by atoms with van der Waals surface area (Å²) in [5.74, 6) is 0. The highest BCUT2D eigenvalue weighted by Crippen LogP contribution is 2.38. The largest absolute Gasteiger partial charge is 0.416 e. The normalized spacial score (nSPS) is 14.9. The van der Waals surface area contributed by atoms with Crippen LogP contribution in [0.3, 0.4) is 0 Å². The van der Waals surface area contributed by atoms with Gasteiger partial charge >= 0.3 is 6.18 Å². The number of alkyl halides is 3. The van der Waals surface area contributed by atoms with E-state index < -0.39 is 18.3 Å². The minimum atomic E-state index is -4.87. The second kappa shape index (κ2) is 6.50. The molecule has 0 saturated heterocycles. The summed E-state index contributed by atoms with van der Waals surface area (Å²) < 4.78 is 36.9. The molecule has 1 rings (SSSR count). The van der Waals surface area contributed by atoms with Crippen LogP contribution in [0.1, 0.15) is 11.6 Å². The first-order chi connectivity index (χ1) is 7.66. The highest BCUT2D eigenvalue weighted by Gasteiger charge is 2.43. The van der Waals surface area contributed by atoms with Gasteiger partial charge in [0.1, 0.15) is 0 Å². The van der Waals surface area contributed by atoms with E-state index in [4.69, 9.17) is 45.6 Å². The van der Waals surface area contributed by atoms with Crippen LogP contribution in [-0.4, -0.2) is 17.4 Å². The summed E-state index contributed by atoms with van der Waals surface area (Å²) in [6, 6.07) is 0.782. The van der Waals surface area contributed by atoms with Gasteiger partial charge in [-0.3, -0.25) is 0 Å². The Hall–Kier alpha value is 0.0900. The van der Waals surface area contributed by atoms with E-state index in [1.807, 2.05) is 0 Å². The van der Waals surface area contributed by atoms with Gasteiger partial charge in [0.05, 0.1) is 16.1 Å². The van der Waals surface area contributed by atoms with Gasteiger partial charge in [0, 0.05) is 10.6 Å². The number of aliphatic hydroxyl groups is 1. The summed E-state index contributed by atoms with van der Waals surface area (Å²) in [4.78, 5) is 0. The van der Waals surface area contributed by atoms with Crippen molar-refractivity contribution in [1.29, 1.82) is 0 Å². The summed E-state index contributed by atoms with van der Waals surface area (Å²) in [7, 11) is 0. The predicted molar refractivity (Wildman–Crippen MR) is 67.7 cm³/mol. The number of hydrogen-bond donors (Lipinski definition) is 2. The van der Waals surface area contributed by atoms with Gasteiger partial charge in [-0.15, -0.1) is 12.4 Å². The highest BCUT2D eigenvalue weighted by molar-refractivity contribution is 6.44. The average Bonchev–Trinajstić information content (AvgIpc) is 2.21. The van der Waals surface area contributed by atoms with Crippen molar-refractivity contribution in [3.05, 3.63) is 32.8 Å². The van der Waals surface area contributed by atoms with Crippen LogP contribution in [0.5, 0.6) is 0 Å². The van der Waals surface area contributed by atoms with Crippen molar-refractivity contribution in [2.45, 2.75) is 18.3 Å². The first-order valence-corrected chi connectivity index (χ1v) is 5.43. The van der Waals surface area contributed by atoms with Crippen molar-refractivity contribution in [2.24, 2.45) is 5.73 Å². The zero-order chi connectivity index (χ0) is 13.4. The van der Waals surface area contributed by atoms with Gasteiger partial charge in [-0.05, 0) is 12.1 Å². The second-order valence-corrected chi connectivity index (χ2v) is 4.46. The third-order valence-corrected chi connectivity index (χ3v) is 3.24. The highest BCUT2D eigenvalue weighted by atomic mass is 35.5. The smallest absolute Gasteiger partial charge is 0.382 e. The summed E-state index contributed by atoms with van der Waals surface area (Å²) >= 11 is 17.0. The van der Waals surface area contributed by atoms with Gasteiger partial charge in [-0.1, -0.05) is 34.8 Å². The molecule has 0 amide bonds. The number of halogens is 7. The maximum atomic E-state index is 12.3. The number of nitrogens with two attached hydrogens (primary N) is 1. The second-order valence-electron chi connectivity index (χ2n) is 3.27. The molecule has 0 aliphatic carbocycles. The number of benzene rings is 1. The third-order valence-electron chi connectivity index (χ3n) is 2.09. The predicted octanol–water partition coefficient (Wildman–Crippen LogP) is 3.99. The van der Waals surface area contributed by atoms with Gasteiger partial charge in [0.25, 0.3) is 0 Å². The van der Waals surface area contributed by atoms with Crippen molar-refractivity contribution in [3.63, 3.8) is 0 Å². The van der Waals surface area contributed by atoms with E-state index in [0.717, 1.165) is 0 Å². The Bertz CT molecular complexity index is 427. The maximum Gasteiger partial charge on any atom is 0.416 e. The first-order valence-electron chi connectivity index (χ1n) is 4.30. The van der Waals surface area contributed by atoms with Gasteiger partial charge < -0.3 is 10.8 Å². The number of rotatable bonds is 2. The molecule has 1 aromatic rings. The Morgan fingerprint density at radius 3 is 2.00 bits per heavy atom. The average molecular weight is 345 g/mol. The van der Waals surface area contributed by atoms with Crippen LogP contribution in [0.25, 0.3) is 0 Å². The molecule has 2 atom stereocenters. The van der Waals surface area contributed by atoms with Crippen LogP contribution >= 0.6 is 47.2 Å². The Labute approximate surface area is 122 Å². The van der Waals surface area contributed by atoms with Crippen molar-refractivity contribution in [2.75, 3.05) is 0 Å². The maximum absolute atomic E-state index is 12.3. The molecular weight excluding hydrogens is 337 g/mol. The molecule has 1 aromatic carbocycles. The van der Waals surface area contributed by atoms with E-state index in [0.29, 0.717) is 0 Å². The number of aliphatic hydroxyl groups excluding tert-OH is 1. The molecule has 0 fully saturated rings. The zero-order valence-electron chi connectivity index (χ0n) is 8.51. The summed E-state index contributed by atoms with van der Waals surface area (Å²) in [6.45, 7) is 0. The van der Waals surface area contributed by atoms with E-state index in [2.05, 4.69) is 0 Å². The molecule has 0 bridgehead atoms. The van der Waals surface area contributed by atoms with Crippen LogP contribution in [0, 0.1) is 0 Å². The van der Waals surface area contributed by atoms with Crippen molar-refractivity contribution >= 4 is 47.2 Å². The SMILES string of the molecule is Cl.N[C@H](c1c(Cl)ccc(Cl)c1Cl)[C@@H](O)C(F)(F)F. The van der Waals surface area contributed by atoms with Crippen LogP contribution in [0.4, 0.5) is 13.2 Å². The molecule has 0 radical (unpaired) electrons. The lowest BCUT2D eigenvalue weighted by molar-refractivity contribution is -0.210. The molecule has 9 heteroatoms. The lowest BCUT2D eigenvalue weighted by Crippen LogP contribution is -2.39. The summed E-state index contributed by atoms with van der Waals surface area (Å²) in [6.07, 6.45) is -7.63. The minimum absolute atomic E-state index is 0. The summed E-state index contributed by atoms with van der Waals surface area (Å²) in [5, 5.41) is 8.76. The molecule has 0 spiro atoms. The number of hydrogen-bond acceptors (Lipinski definition) is 2. The topological polar surface area (TPSA) is 46.2 Å². The van der Waals surface area contributed by atoms with Crippen molar-refractivity contribution in [1.82, 2.24) is 0 Å². The van der Waals surface area contributed by atoms with Crippen LogP contribution in [0.2, 0.25) is 15.1 Å². The fourth-order valence-corrected chi connectivity index (χ4v) is 2.00. The van der Waals surface area contributed by atoms with Gasteiger partial charge in [-0.2, -0.15) is 13.2 Å². The molecule has 104 valence electrons. The standard InChI is InChI=1S/C9H7Cl3F3NO.ClH/c10-3-1-2-4(11)6(12)5(3)7(16)8(17)9(13,14)15;/h1-2,7-8,17H,16H2;1H/t7-,8-;/m1./s1. The molecule has 0 aliphatic heterocycles. The molecule has 2 nitrogen and oxygen atoms in total. The molecule has 0 heterocycles. The lowest BCUT2D eigenvalue weighted by atomic mass is 10.0. The molecule has 0 unspecified atom stereocenters. The Morgan fingerprint density at radius 1 is 1.11 bits per heavy atom. The fraction of sp³-hybridized carbons (Fsp3) is 0.333. The molecule has 0 aromatic heterocycles. The molecule has 3 N–H and O–H groups in total. The van der Waals surface area contributed by atoms with Gasteiger partial charge in [-0.25, -0.2) is 0 Å². The van der Waals surface area contributed by atoms with Gasteiger partial charge in [0.15, 0.2) is 6.10 Å². The lowest BCUT2D eigenvalue weighted by Gasteiger charge is -2.23. The van der Waals surface area contributed by atoms with E-state index >= 15 is 0 Å². The third kappa shape index (κ3) is 3.79. The van der Waals surface area contributed by atoms with Crippen LogP contribution < -0.4 is 5.73 Å².